The lowest BCUT2D eigenvalue weighted by Crippen LogP contribution is -2.44. The second kappa shape index (κ2) is 10.3. The predicted molar refractivity (Wildman–Crippen MR) is 110 cm³/mol. The van der Waals surface area contributed by atoms with Gasteiger partial charge in [-0.25, -0.2) is 9.18 Å². The van der Waals surface area contributed by atoms with Gasteiger partial charge in [0.2, 0.25) is 0 Å². The van der Waals surface area contributed by atoms with Crippen molar-refractivity contribution < 1.29 is 13.9 Å². The highest BCUT2D eigenvalue weighted by Crippen LogP contribution is 2.21. The smallest absolute Gasteiger partial charge is 0.410 e. The molecular weight excluding hydrogens is 359 g/mol. The van der Waals surface area contributed by atoms with Crippen LogP contribution >= 0.6 is 0 Å². The quantitative estimate of drug-likeness (QED) is 0.594. The second-order valence-electron chi connectivity index (χ2n) is 8.20. The lowest BCUT2D eigenvalue weighted by molar-refractivity contribution is 0.0162. The van der Waals surface area contributed by atoms with E-state index in [2.05, 4.69) is 15.6 Å². The van der Waals surface area contributed by atoms with E-state index in [-0.39, 0.29) is 11.9 Å². The summed E-state index contributed by atoms with van der Waals surface area (Å²) in [5, 5.41) is 6.54. The van der Waals surface area contributed by atoms with Crippen LogP contribution < -0.4 is 10.6 Å². The molecule has 7 heteroatoms. The minimum Gasteiger partial charge on any atom is -0.444 e. The molecule has 1 atom stereocenters. The van der Waals surface area contributed by atoms with Crippen molar-refractivity contribution in [1.82, 2.24) is 15.5 Å². The molecule has 28 heavy (non-hydrogen) atoms. The molecule has 2 N–H and O–H groups in total. The highest BCUT2D eigenvalue weighted by molar-refractivity contribution is 5.79. The highest BCUT2D eigenvalue weighted by Gasteiger charge is 2.27. The Morgan fingerprint density at radius 2 is 2.00 bits per heavy atom. The summed E-state index contributed by atoms with van der Waals surface area (Å²) in [6.45, 7) is 8.52. The number of rotatable bonds is 5. The van der Waals surface area contributed by atoms with E-state index < -0.39 is 5.60 Å². The van der Waals surface area contributed by atoms with Gasteiger partial charge in [0.1, 0.15) is 11.4 Å². The summed E-state index contributed by atoms with van der Waals surface area (Å²) in [5.41, 5.74) is 0.526. The molecule has 1 aromatic carbocycles. The van der Waals surface area contributed by atoms with E-state index in [1.165, 1.54) is 12.1 Å². The molecule has 0 bridgehead atoms. The predicted octanol–water partition coefficient (Wildman–Crippen LogP) is 3.53. The first-order valence-corrected chi connectivity index (χ1v) is 9.94. The number of carbonyl (C=O) groups is 1. The van der Waals surface area contributed by atoms with Gasteiger partial charge >= 0.3 is 6.09 Å². The van der Waals surface area contributed by atoms with Crippen molar-refractivity contribution in [2.24, 2.45) is 10.9 Å². The molecule has 156 valence electrons. The fourth-order valence-electron chi connectivity index (χ4n) is 3.20. The third-order valence-corrected chi connectivity index (χ3v) is 4.61. The Labute approximate surface area is 167 Å². The largest absolute Gasteiger partial charge is 0.444 e. The van der Waals surface area contributed by atoms with Crippen molar-refractivity contribution in [1.29, 1.82) is 0 Å². The third-order valence-electron chi connectivity index (χ3n) is 4.61. The fourth-order valence-corrected chi connectivity index (χ4v) is 3.20. The minimum absolute atomic E-state index is 0.220. The first-order chi connectivity index (χ1) is 13.3. The summed E-state index contributed by atoms with van der Waals surface area (Å²) in [6.07, 6.45) is 2.85. The Balaban J connectivity index is 1.72. The number of hydrogen-bond donors (Lipinski definition) is 2. The van der Waals surface area contributed by atoms with Gasteiger partial charge < -0.3 is 20.3 Å². The van der Waals surface area contributed by atoms with Crippen molar-refractivity contribution in [3.63, 3.8) is 0 Å². The monoisotopic (exact) mass is 392 g/mol. The SMILES string of the molecule is CN=C(NCCC1CCCN(C(=O)OC(C)(C)C)C1)NCc1ccc(F)cc1. The van der Waals surface area contributed by atoms with Crippen LogP contribution in [0.25, 0.3) is 0 Å². The van der Waals surface area contributed by atoms with Gasteiger partial charge in [0.15, 0.2) is 5.96 Å². The molecular formula is C21H33FN4O2. The Morgan fingerprint density at radius 1 is 1.29 bits per heavy atom. The Morgan fingerprint density at radius 3 is 2.64 bits per heavy atom. The molecule has 1 aromatic rings. The molecule has 1 fully saturated rings. The summed E-state index contributed by atoms with van der Waals surface area (Å²) < 4.78 is 18.5. The maximum atomic E-state index is 13.0. The molecule has 0 saturated carbocycles. The van der Waals surface area contributed by atoms with E-state index in [1.807, 2.05) is 25.7 Å². The Hall–Kier alpha value is -2.31. The van der Waals surface area contributed by atoms with Gasteiger partial charge in [0.05, 0.1) is 0 Å². The highest BCUT2D eigenvalue weighted by atomic mass is 19.1. The van der Waals surface area contributed by atoms with Gasteiger partial charge in [-0.3, -0.25) is 4.99 Å². The van der Waals surface area contributed by atoms with E-state index in [4.69, 9.17) is 4.74 Å². The van der Waals surface area contributed by atoms with Gasteiger partial charge in [-0.1, -0.05) is 12.1 Å². The summed E-state index contributed by atoms with van der Waals surface area (Å²) >= 11 is 0. The van der Waals surface area contributed by atoms with Crippen molar-refractivity contribution in [3.8, 4) is 0 Å². The zero-order valence-electron chi connectivity index (χ0n) is 17.4. The van der Waals surface area contributed by atoms with Crippen molar-refractivity contribution >= 4 is 12.1 Å². The number of nitrogens with one attached hydrogen (secondary N) is 2. The fraction of sp³-hybridized carbons (Fsp3) is 0.619. The van der Waals surface area contributed by atoms with Gasteiger partial charge in [-0.2, -0.15) is 0 Å². The van der Waals surface area contributed by atoms with Gasteiger partial charge in [-0.05, 0) is 63.6 Å². The molecule has 0 aromatic heterocycles. The molecule has 1 heterocycles. The van der Waals surface area contributed by atoms with Gasteiger partial charge in [-0.15, -0.1) is 0 Å². The number of carbonyl (C=O) groups excluding carboxylic acids is 1. The van der Waals surface area contributed by atoms with Crippen LogP contribution in [0, 0.1) is 11.7 Å². The van der Waals surface area contributed by atoms with Crippen LogP contribution in [0.15, 0.2) is 29.3 Å². The normalized spacial score (nSPS) is 18.0. The number of halogens is 1. The number of ether oxygens (including phenoxy) is 1. The molecule has 2 rings (SSSR count). The van der Waals surface area contributed by atoms with Crippen molar-refractivity contribution in [2.45, 2.75) is 52.2 Å². The number of benzene rings is 1. The number of guanidine groups is 1. The molecule has 1 aliphatic heterocycles. The molecule has 1 aliphatic rings. The van der Waals surface area contributed by atoms with E-state index in [1.54, 1.807) is 19.2 Å². The van der Waals surface area contributed by atoms with Crippen LogP contribution in [0.2, 0.25) is 0 Å². The number of aliphatic imine (C=N–C) groups is 1. The van der Waals surface area contributed by atoms with Crippen molar-refractivity contribution in [2.75, 3.05) is 26.7 Å². The molecule has 1 unspecified atom stereocenters. The number of amides is 1. The Bertz CT molecular complexity index is 655. The second-order valence-corrected chi connectivity index (χ2v) is 8.20. The van der Waals surface area contributed by atoms with Crippen LogP contribution in [-0.4, -0.2) is 49.2 Å². The molecule has 1 saturated heterocycles. The van der Waals surface area contributed by atoms with E-state index in [0.717, 1.165) is 44.5 Å². The number of likely N-dealkylation sites (tertiary alicyclic amines) is 1. The van der Waals surface area contributed by atoms with Crippen LogP contribution in [0.3, 0.4) is 0 Å². The topological polar surface area (TPSA) is 66.0 Å². The first-order valence-electron chi connectivity index (χ1n) is 9.94. The minimum atomic E-state index is -0.464. The molecule has 0 radical (unpaired) electrons. The van der Waals surface area contributed by atoms with E-state index in [0.29, 0.717) is 18.4 Å². The third kappa shape index (κ3) is 7.74. The van der Waals surface area contributed by atoms with Gasteiger partial charge in [0.25, 0.3) is 0 Å². The number of nitrogens with zero attached hydrogens (tertiary/aromatic N) is 2. The molecule has 0 spiro atoms. The molecule has 0 aliphatic carbocycles. The maximum absolute atomic E-state index is 13.0. The molecule has 6 nitrogen and oxygen atoms in total. The first kappa shape index (κ1) is 22.0. The Kier molecular flexibility index (Phi) is 8.08. The summed E-state index contributed by atoms with van der Waals surface area (Å²) in [4.78, 5) is 18.3. The van der Waals surface area contributed by atoms with Crippen LogP contribution in [0.1, 0.15) is 45.6 Å². The van der Waals surface area contributed by atoms with Crippen LogP contribution in [0.4, 0.5) is 9.18 Å². The summed E-state index contributed by atoms with van der Waals surface area (Å²) in [6, 6.07) is 6.41. The van der Waals surface area contributed by atoms with E-state index in [9.17, 15) is 9.18 Å². The van der Waals surface area contributed by atoms with Crippen molar-refractivity contribution in [3.05, 3.63) is 35.6 Å². The molecule has 1 amide bonds. The lowest BCUT2D eigenvalue weighted by Gasteiger charge is -2.34. The average Bonchev–Trinajstić information content (AvgIpc) is 2.64. The van der Waals surface area contributed by atoms with Crippen LogP contribution in [0.5, 0.6) is 0 Å². The lowest BCUT2D eigenvalue weighted by atomic mass is 9.95. The maximum Gasteiger partial charge on any atom is 0.410 e. The summed E-state index contributed by atoms with van der Waals surface area (Å²) in [5.74, 6) is 0.923. The standard InChI is InChI=1S/C21H33FN4O2/c1-21(2,3)28-20(27)26-13-5-6-17(15-26)11-12-24-19(23-4)25-14-16-7-9-18(22)10-8-16/h7-10,17H,5-6,11-15H2,1-4H3,(H2,23,24,25). The van der Waals surface area contributed by atoms with E-state index >= 15 is 0 Å². The van der Waals surface area contributed by atoms with Gasteiger partial charge in [0, 0.05) is 33.2 Å². The van der Waals surface area contributed by atoms with Crippen LogP contribution in [-0.2, 0) is 11.3 Å². The zero-order valence-corrected chi connectivity index (χ0v) is 17.4. The average molecular weight is 393 g/mol. The zero-order chi connectivity index (χ0) is 20.6. The number of hydrogen-bond acceptors (Lipinski definition) is 3. The number of piperidine rings is 1. The summed E-state index contributed by atoms with van der Waals surface area (Å²) in [7, 11) is 1.73.